The molecular weight excluding hydrogens is 302 g/mol. The van der Waals surface area contributed by atoms with E-state index in [0.29, 0.717) is 18.4 Å². The van der Waals surface area contributed by atoms with Crippen molar-refractivity contribution in [2.24, 2.45) is 11.8 Å². The third kappa shape index (κ3) is 2.91. The summed E-state index contributed by atoms with van der Waals surface area (Å²) in [7, 11) is 1.68. The molecule has 1 aromatic carbocycles. The molecule has 4 bridgehead atoms. The number of ether oxygens (including phenoxy) is 2. The molecule has 2 atom stereocenters. The van der Waals surface area contributed by atoms with E-state index < -0.39 is 5.60 Å². The Kier molecular flexibility index (Phi) is 4.00. The molecule has 0 saturated heterocycles. The van der Waals surface area contributed by atoms with E-state index in [1.807, 2.05) is 13.0 Å². The van der Waals surface area contributed by atoms with Crippen LogP contribution in [0.5, 0.6) is 11.5 Å². The van der Waals surface area contributed by atoms with Gasteiger partial charge in [0.15, 0.2) is 11.5 Å². The topological polar surface area (TPSA) is 50.7 Å². The molecule has 0 spiro atoms. The number of methoxy groups -OCH3 is 1. The Bertz CT molecular complexity index is 601. The third-order valence-electron chi connectivity index (χ3n) is 6.23. The van der Waals surface area contributed by atoms with Crippen molar-refractivity contribution >= 4 is 0 Å². The fourth-order valence-electron chi connectivity index (χ4n) is 5.81. The summed E-state index contributed by atoms with van der Waals surface area (Å²) in [5.74, 6) is 3.00. The van der Waals surface area contributed by atoms with Crippen LogP contribution in [0.1, 0.15) is 51.0 Å². The van der Waals surface area contributed by atoms with Crippen molar-refractivity contribution in [2.45, 2.75) is 63.1 Å². The van der Waals surface area contributed by atoms with Gasteiger partial charge in [-0.2, -0.15) is 0 Å². The van der Waals surface area contributed by atoms with Gasteiger partial charge in [0, 0.05) is 12.1 Å². The van der Waals surface area contributed by atoms with Crippen molar-refractivity contribution in [3.05, 3.63) is 23.8 Å². The largest absolute Gasteiger partial charge is 0.493 e. The lowest BCUT2D eigenvalue weighted by Crippen LogP contribution is -2.64. The van der Waals surface area contributed by atoms with Gasteiger partial charge >= 0.3 is 0 Å². The predicted molar refractivity (Wildman–Crippen MR) is 93.4 cm³/mol. The first-order chi connectivity index (χ1) is 11.5. The van der Waals surface area contributed by atoms with Gasteiger partial charge in [-0.05, 0) is 75.0 Å². The summed E-state index contributed by atoms with van der Waals surface area (Å²) in [4.78, 5) is 0. The number of aliphatic hydroxyl groups is 1. The van der Waals surface area contributed by atoms with Gasteiger partial charge in [0.2, 0.25) is 0 Å². The van der Waals surface area contributed by atoms with Gasteiger partial charge in [-0.15, -0.1) is 0 Å². The first-order valence-electron chi connectivity index (χ1n) is 9.30. The zero-order valence-electron chi connectivity index (χ0n) is 14.8. The van der Waals surface area contributed by atoms with Crippen LogP contribution < -0.4 is 14.8 Å². The Morgan fingerprint density at radius 1 is 1.17 bits per heavy atom. The zero-order valence-corrected chi connectivity index (χ0v) is 14.8. The van der Waals surface area contributed by atoms with Crippen molar-refractivity contribution in [2.75, 3.05) is 13.7 Å². The number of hydrogen-bond acceptors (Lipinski definition) is 4. The maximum Gasteiger partial charge on any atom is 0.161 e. The molecule has 132 valence electrons. The number of nitrogens with one attached hydrogen (secondary N) is 1. The second-order valence-corrected chi connectivity index (χ2v) is 8.24. The Morgan fingerprint density at radius 2 is 1.92 bits per heavy atom. The van der Waals surface area contributed by atoms with Crippen LogP contribution in [0.3, 0.4) is 0 Å². The molecule has 4 saturated carbocycles. The molecule has 2 N–H and O–H groups in total. The molecule has 4 fully saturated rings. The van der Waals surface area contributed by atoms with E-state index in [1.165, 1.54) is 24.8 Å². The summed E-state index contributed by atoms with van der Waals surface area (Å²) < 4.78 is 11.1. The van der Waals surface area contributed by atoms with Crippen molar-refractivity contribution in [3.63, 3.8) is 0 Å². The highest BCUT2D eigenvalue weighted by Crippen LogP contribution is 2.57. The van der Waals surface area contributed by atoms with Gasteiger partial charge in [0.1, 0.15) is 0 Å². The highest BCUT2D eigenvalue weighted by molar-refractivity contribution is 5.43. The zero-order chi connectivity index (χ0) is 16.8. The number of hydrogen-bond donors (Lipinski definition) is 2. The first-order valence-corrected chi connectivity index (χ1v) is 9.30. The van der Waals surface area contributed by atoms with Crippen LogP contribution >= 0.6 is 0 Å². The lowest BCUT2D eigenvalue weighted by atomic mass is 9.51. The Balaban J connectivity index is 1.47. The van der Waals surface area contributed by atoms with E-state index in [-0.39, 0.29) is 5.54 Å². The van der Waals surface area contributed by atoms with Gasteiger partial charge < -0.3 is 19.9 Å². The van der Waals surface area contributed by atoms with Crippen LogP contribution in [0.25, 0.3) is 0 Å². The summed E-state index contributed by atoms with van der Waals surface area (Å²) >= 11 is 0. The average molecular weight is 331 g/mol. The van der Waals surface area contributed by atoms with Crippen LogP contribution in [0.4, 0.5) is 0 Å². The lowest BCUT2D eigenvalue weighted by molar-refractivity contribution is -0.142. The van der Waals surface area contributed by atoms with E-state index in [4.69, 9.17) is 9.47 Å². The second kappa shape index (κ2) is 5.92. The number of benzene rings is 1. The molecule has 4 aliphatic carbocycles. The highest BCUT2D eigenvalue weighted by atomic mass is 16.5. The van der Waals surface area contributed by atoms with E-state index in [1.54, 1.807) is 7.11 Å². The van der Waals surface area contributed by atoms with Gasteiger partial charge in [0.25, 0.3) is 0 Å². The molecule has 2 unspecified atom stereocenters. The standard InChI is InChI=1S/C20H29NO3/c1-3-24-17-5-4-14(7-18(17)23-2)12-21-19-8-15-6-16(9-19)11-20(22,10-15)13-19/h4-5,7,15-16,21-22H,3,6,8-13H2,1-2H3. The Morgan fingerprint density at radius 3 is 2.54 bits per heavy atom. The maximum atomic E-state index is 10.9. The van der Waals surface area contributed by atoms with Gasteiger partial charge in [-0.1, -0.05) is 6.07 Å². The van der Waals surface area contributed by atoms with Crippen LogP contribution in [0, 0.1) is 11.8 Å². The summed E-state index contributed by atoms with van der Waals surface area (Å²) in [6.07, 6.45) is 6.72. The smallest absolute Gasteiger partial charge is 0.161 e. The van der Waals surface area contributed by atoms with E-state index >= 15 is 0 Å². The van der Waals surface area contributed by atoms with Gasteiger partial charge in [-0.25, -0.2) is 0 Å². The molecule has 4 nitrogen and oxygen atoms in total. The van der Waals surface area contributed by atoms with Crippen molar-refractivity contribution in [1.82, 2.24) is 5.32 Å². The fraction of sp³-hybridized carbons (Fsp3) is 0.700. The predicted octanol–water partition coefficient (Wildman–Crippen LogP) is 3.27. The minimum atomic E-state index is -0.409. The molecule has 4 aliphatic rings. The molecule has 0 aromatic heterocycles. The average Bonchev–Trinajstić information content (AvgIpc) is 2.52. The fourth-order valence-corrected chi connectivity index (χ4v) is 5.81. The summed E-state index contributed by atoms with van der Waals surface area (Å²) in [5.41, 5.74) is 0.927. The van der Waals surface area contributed by atoms with Crippen molar-refractivity contribution in [1.29, 1.82) is 0 Å². The maximum absolute atomic E-state index is 10.9. The molecule has 0 aliphatic heterocycles. The van der Waals surface area contributed by atoms with Gasteiger partial charge in [0.05, 0.1) is 19.3 Å². The second-order valence-electron chi connectivity index (χ2n) is 8.24. The molecule has 24 heavy (non-hydrogen) atoms. The molecule has 1 aromatic rings. The minimum absolute atomic E-state index is 0.130. The van der Waals surface area contributed by atoms with E-state index in [0.717, 1.165) is 37.3 Å². The van der Waals surface area contributed by atoms with Crippen LogP contribution in [0.2, 0.25) is 0 Å². The summed E-state index contributed by atoms with van der Waals surface area (Å²) in [6.45, 7) is 3.43. The van der Waals surface area contributed by atoms with E-state index in [9.17, 15) is 5.11 Å². The quantitative estimate of drug-likeness (QED) is 0.840. The molecule has 4 heteroatoms. The summed E-state index contributed by atoms with van der Waals surface area (Å²) in [6, 6.07) is 6.16. The molecule has 0 amide bonds. The highest BCUT2D eigenvalue weighted by Gasteiger charge is 2.56. The summed E-state index contributed by atoms with van der Waals surface area (Å²) in [5, 5.41) is 14.7. The van der Waals surface area contributed by atoms with Crippen LogP contribution in [0.15, 0.2) is 18.2 Å². The van der Waals surface area contributed by atoms with Crippen molar-refractivity contribution in [3.8, 4) is 11.5 Å². The van der Waals surface area contributed by atoms with Gasteiger partial charge in [-0.3, -0.25) is 0 Å². The molecule has 5 rings (SSSR count). The van der Waals surface area contributed by atoms with E-state index in [2.05, 4.69) is 17.4 Å². The lowest BCUT2D eigenvalue weighted by Gasteiger charge is -2.60. The van der Waals surface area contributed by atoms with Crippen LogP contribution in [-0.2, 0) is 6.54 Å². The minimum Gasteiger partial charge on any atom is -0.493 e. The molecular formula is C20H29NO3. The Labute approximate surface area is 144 Å². The van der Waals surface area contributed by atoms with Crippen molar-refractivity contribution < 1.29 is 14.6 Å². The first kappa shape index (κ1) is 16.2. The number of rotatable bonds is 6. The SMILES string of the molecule is CCOc1ccc(CNC23CC4CC(CC(O)(C4)C2)C3)cc1OC. The normalized spacial score (nSPS) is 36.8. The van der Waals surface area contributed by atoms with Crippen LogP contribution in [-0.4, -0.2) is 30.0 Å². The molecule has 0 radical (unpaired) electrons. The monoisotopic (exact) mass is 331 g/mol. The third-order valence-corrected chi connectivity index (χ3v) is 6.23. The Hall–Kier alpha value is -1.26. The molecule has 0 heterocycles.